The maximum Gasteiger partial charge on any atom is 0.256 e. The lowest BCUT2D eigenvalue weighted by atomic mass is 10.1. The molecule has 0 unspecified atom stereocenters. The molecule has 1 amide bonds. The normalized spacial score (nSPS) is 11.8. The molecule has 0 atom stereocenters. The molecule has 34 heavy (non-hydrogen) atoms. The standard InChI is InChI=1S/C29H23N2OPS/c1-22-17-19-23(20-18-22)28(32)31-29(34)27(21-30)33(24-11-5-2-6-12-24,25-13-7-3-8-14-25)26-15-9-4-10-16-26/h2-20H,1H3,(H-,31,32,34)/p+1/b29-27-. The van der Waals surface area contributed by atoms with Gasteiger partial charge >= 0.3 is 0 Å². The third-order valence-electron chi connectivity index (χ3n) is 5.64. The van der Waals surface area contributed by atoms with Crippen LogP contribution in [-0.4, -0.2) is 5.91 Å². The second-order valence-electron chi connectivity index (χ2n) is 7.81. The van der Waals surface area contributed by atoms with E-state index in [1.165, 1.54) is 0 Å². The highest BCUT2D eigenvalue weighted by Crippen LogP contribution is 2.63. The summed E-state index contributed by atoms with van der Waals surface area (Å²) in [5.74, 6) is -0.301. The highest BCUT2D eigenvalue weighted by molar-refractivity contribution is 8.00. The van der Waals surface area contributed by atoms with E-state index < -0.39 is 7.26 Å². The van der Waals surface area contributed by atoms with E-state index in [4.69, 9.17) is 12.6 Å². The summed E-state index contributed by atoms with van der Waals surface area (Å²) >= 11 is 4.71. The molecule has 0 fully saturated rings. The third kappa shape index (κ3) is 4.54. The van der Waals surface area contributed by atoms with Crippen molar-refractivity contribution in [1.82, 2.24) is 5.32 Å². The topological polar surface area (TPSA) is 52.9 Å². The quantitative estimate of drug-likeness (QED) is 0.223. The molecule has 4 aromatic carbocycles. The molecular formula is C29H24N2OPS+. The minimum absolute atomic E-state index is 0.262. The fraction of sp³-hybridized carbons (Fsp3) is 0.0345. The Morgan fingerprint density at radius 2 is 1.15 bits per heavy atom. The van der Waals surface area contributed by atoms with Crippen molar-refractivity contribution in [3.8, 4) is 6.07 Å². The molecule has 0 saturated heterocycles. The summed E-state index contributed by atoms with van der Waals surface area (Å²) in [5, 5.41) is 17.2. The van der Waals surface area contributed by atoms with Crippen LogP contribution < -0.4 is 21.2 Å². The van der Waals surface area contributed by atoms with Gasteiger partial charge in [-0.1, -0.05) is 72.3 Å². The van der Waals surface area contributed by atoms with E-state index in [-0.39, 0.29) is 10.9 Å². The monoisotopic (exact) mass is 479 g/mol. The fourth-order valence-electron chi connectivity index (χ4n) is 4.02. The van der Waals surface area contributed by atoms with Gasteiger partial charge in [0.15, 0.2) is 7.26 Å². The summed E-state index contributed by atoms with van der Waals surface area (Å²) < 4.78 is 0. The van der Waals surface area contributed by atoms with Crippen molar-refractivity contribution < 1.29 is 4.79 Å². The van der Waals surface area contributed by atoms with Gasteiger partial charge in [-0.05, 0) is 55.5 Å². The average Bonchev–Trinajstić information content (AvgIpc) is 2.89. The molecule has 0 saturated carbocycles. The lowest BCUT2D eigenvalue weighted by Crippen LogP contribution is -2.34. The second-order valence-corrected chi connectivity index (χ2v) is 11.6. The third-order valence-corrected chi connectivity index (χ3v) is 10.4. The van der Waals surface area contributed by atoms with E-state index in [2.05, 4.69) is 11.4 Å². The van der Waals surface area contributed by atoms with Gasteiger partial charge in [0.25, 0.3) is 5.91 Å². The number of hydrogen-bond acceptors (Lipinski definition) is 3. The number of allylic oxidation sites excluding steroid dienone is 1. The van der Waals surface area contributed by atoms with Crippen LogP contribution in [0.3, 0.4) is 0 Å². The highest BCUT2D eigenvalue weighted by atomic mass is 32.1. The zero-order chi connectivity index (χ0) is 24.0. The first-order valence-corrected chi connectivity index (χ1v) is 13.1. The zero-order valence-corrected chi connectivity index (χ0v) is 20.5. The predicted octanol–water partition coefficient (Wildman–Crippen LogP) is 5.34. The summed E-state index contributed by atoms with van der Waals surface area (Å²) in [5.41, 5.74) is 1.58. The molecule has 4 aromatic rings. The SMILES string of the molecule is Cc1ccc(C(=O)N/C(S)=C(\C#N)[P+](c2ccccc2)(c2ccccc2)c2ccccc2)cc1. The Hall–Kier alpha value is -3.64. The zero-order valence-electron chi connectivity index (χ0n) is 18.7. The number of benzene rings is 4. The largest absolute Gasteiger partial charge is 0.313 e. The van der Waals surface area contributed by atoms with Crippen LogP contribution in [0.15, 0.2) is 126 Å². The molecule has 4 rings (SSSR count). The van der Waals surface area contributed by atoms with Crippen molar-refractivity contribution in [2.24, 2.45) is 0 Å². The Morgan fingerprint density at radius 1 is 0.735 bits per heavy atom. The number of amides is 1. The predicted molar refractivity (Wildman–Crippen MR) is 145 cm³/mol. The van der Waals surface area contributed by atoms with Crippen LogP contribution in [0.4, 0.5) is 0 Å². The maximum absolute atomic E-state index is 13.0. The molecular weight excluding hydrogens is 455 g/mol. The molecule has 166 valence electrons. The van der Waals surface area contributed by atoms with Gasteiger partial charge in [-0.2, -0.15) is 5.26 Å². The first-order valence-electron chi connectivity index (χ1n) is 10.8. The van der Waals surface area contributed by atoms with Gasteiger partial charge in [0.2, 0.25) is 5.31 Å². The van der Waals surface area contributed by atoms with Crippen molar-refractivity contribution in [3.63, 3.8) is 0 Å². The molecule has 0 aliphatic rings. The Kier molecular flexibility index (Phi) is 7.28. The number of aryl methyl sites for hydroxylation is 1. The van der Waals surface area contributed by atoms with Crippen molar-refractivity contribution in [3.05, 3.63) is 137 Å². The van der Waals surface area contributed by atoms with Gasteiger partial charge in [-0.15, -0.1) is 12.6 Å². The van der Waals surface area contributed by atoms with Crippen LogP contribution >= 0.6 is 19.9 Å². The minimum atomic E-state index is -2.65. The van der Waals surface area contributed by atoms with Gasteiger partial charge in [0.05, 0.1) is 0 Å². The number of hydrogen-bond donors (Lipinski definition) is 2. The number of nitrogens with one attached hydrogen (secondary N) is 1. The van der Waals surface area contributed by atoms with Crippen molar-refractivity contribution >= 4 is 41.7 Å². The molecule has 3 nitrogen and oxygen atoms in total. The maximum atomic E-state index is 13.0. The van der Waals surface area contributed by atoms with E-state index in [0.717, 1.165) is 21.5 Å². The Balaban J connectivity index is 1.97. The van der Waals surface area contributed by atoms with Crippen LogP contribution in [0.25, 0.3) is 0 Å². The van der Waals surface area contributed by atoms with Gasteiger partial charge < -0.3 is 5.32 Å². The number of carbonyl (C=O) groups is 1. The van der Waals surface area contributed by atoms with Crippen molar-refractivity contribution in [2.45, 2.75) is 6.92 Å². The molecule has 0 radical (unpaired) electrons. The van der Waals surface area contributed by atoms with E-state index in [1.54, 1.807) is 12.1 Å². The lowest BCUT2D eigenvalue weighted by molar-refractivity contribution is 0.0969. The lowest BCUT2D eigenvalue weighted by Gasteiger charge is -2.27. The number of carbonyl (C=O) groups excluding carboxylic acids is 1. The van der Waals surface area contributed by atoms with Crippen molar-refractivity contribution in [2.75, 3.05) is 0 Å². The number of thiol groups is 1. The van der Waals surface area contributed by atoms with E-state index in [1.807, 2.05) is 110 Å². The van der Waals surface area contributed by atoms with E-state index >= 15 is 0 Å². The summed E-state index contributed by atoms with van der Waals surface area (Å²) in [6, 6.07) is 39.8. The Morgan fingerprint density at radius 3 is 1.53 bits per heavy atom. The first-order chi connectivity index (χ1) is 16.6. The van der Waals surface area contributed by atoms with Crippen LogP contribution in [0.2, 0.25) is 0 Å². The summed E-state index contributed by atoms with van der Waals surface area (Å²) in [4.78, 5) is 13.0. The summed E-state index contributed by atoms with van der Waals surface area (Å²) in [6.45, 7) is 1.97. The van der Waals surface area contributed by atoms with E-state index in [9.17, 15) is 10.1 Å². The van der Waals surface area contributed by atoms with Crippen LogP contribution in [0.1, 0.15) is 15.9 Å². The molecule has 1 N–H and O–H groups in total. The minimum Gasteiger partial charge on any atom is -0.313 e. The highest BCUT2D eigenvalue weighted by Gasteiger charge is 2.51. The van der Waals surface area contributed by atoms with Gasteiger partial charge in [0.1, 0.15) is 27.0 Å². The molecule has 0 spiro atoms. The Bertz CT molecular complexity index is 1250. The van der Waals surface area contributed by atoms with Gasteiger partial charge in [-0.25, -0.2) is 0 Å². The Labute approximate surface area is 206 Å². The number of nitriles is 1. The molecule has 0 aliphatic carbocycles. The molecule has 0 bridgehead atoms. The first kappa shape index (κ1) is 23.5. The van der Waals surface area contributed by atoms with Crippen LogP contribution in [0.5, 0.6) is 0 Å². The van der Waals surface area contributed by atoms with Gasteiger partial charge in [0, 0.05) is 5.56 Å². The fourth-order valence-corrected chi connectivity index (χ4v) is 8.67. The smallest absolute Gasteiger partial charge is 0.256 e. The van der Waals surface area contributed by atoms with Crippen LogP contribution in [-0.2, 0) is 0 Å². The molecule has 5 heteroatoms. The summed E-state index contributed by atoms with van der Waals surface area (Å²) in [6.07, 6.45) is 0. The molecule has 0 heterocycles. The average molecular weight is 480 g/mol. The number of rotatable bonds is 6. The van der Waals surface area contributed by atoms with E-state index in [0.29, 0.717) is 10.9 Å². The second kappa shape index (κ2) is 10.5. The molecule has 0 aliphatic heterocycles. The molecule has 0 aromatic heterocycles. The van der Waals surface area contributed by atoms with Crippen molar-refractivity contribution in [1.29, 1.82) is 5.26 Å². The van der Waals surface area contributed by atoms with Crippen LogP contribution in [0, 0.1) is 18.3 Å². The number of nitrogens with zero attached hydrogens (tertiary/aromatic N) is 1. The summed E-state index contributed by atoms with van der Waals surface area (Å²) in [7, 11) is -2.65. The van der Waals surface area contributed by atoms with Gasteiger partial charge in [-0.3, -0.25) is 4.79 Å².